The molecule has 39 heavy (non-hydrogen) atoms. The van der Waals surface area contributed by atoms with Gasteiger partial charge in [0.15, 0.2) is 16.3 Å². The fourth-order valence-corrected chi connectivity index (χ4v) is 5.90. The van der Waals surface area contributed by atoms with Gasteiger partial charge in [0.2, 0.25) is 0 Å². The summed E-state index contributed by atoms with van der Waals surface area (Å²) in [7, 11) is 1.47. The number of benzene rings is 3. The molecule has 3 aromatic carbocycles. The van der Waals surface area contributed by atoms with Crippen LogP contribution >= 0.6 is 23.1 Å². The number of phenols is 1. The largest absolute Gasteiger partial charge is 0.504 e. The molecule has 0 radical (unpaired) electrons. The highest BCUT2D eigenvalue weighted by atomic mass is 32.2. The summed E-state index contributed by atoms with van der Waals surface area (Å²) in [5, 5.41) is 10.6. The SMILES string of the molecule is CCOC(=O)C1=C(c2ccccc2)N=c2s/c(=C\c3cccc(OC)c3O)c(=O)n2[C@@H]1c1ccc(SC)cc1. The molecule has 2 heterocycles. The molecular formula is C30H26N2O5S2. The molecule has 5 rings (SSSR count). The topological polar surface area (TPSA) is 90.1 Å². The Morgan fingerprint density at radius 3 is 2.51 bits per heavy atom. The van der Waals surface area contributed by atoms with Gasteiger partial charge in [-0.3, -0.25) is 9.36 Å². The molecule has 1 atom stereocenters. The minimum atomic E-state index is -0.757. The lowest BCUT2D eigenvalue weighted by molar-refractivity contribution is -0.138. The predicted molar refractivity (Wildman–Crippen MR) is 154 cm³/mol. The van der Waals surface area contributed by atoms with E-state index in [-0.39, 0.29) is 17.9 Å². The second-order valence-corrected chi connectivity index (χ2v) is 10.5. The first kappa shape index (κ1) is 26.5. The summed E-state index contributed by atoms with van der Waals surface area (Å²) in [6.07, 6.45) is 3.61. The van der Waals surface area contributed by atoms with Crippen LogP contribution in [0.4, 0.5) is 0 Å². The van der Waals surface area contributed by atoms with Gasteiger partial charge in [-0.1, -0.05) is 65.9 Å². The van der Waals surface area contributed by atoms with E-state index in [4.69, 9.17) is 14.5 Å². The molecule has 0 saturated carbocycles. The number of hydrogen-bond donors (Lipinski definition) is 1. The van der Waals surface area contributed by atoms with E-state index in [2.05, 4.69) is 0 Å². The van der Waals surface area contributed by atoms with Gasteiger partial charge in [0.25, 0.3) is 5.56 Å². The molecule has 198 valence electrons. The Balaban J connectivity index is 1.82. The van der Waals surface area contributed by atoms with E-state index in [9.17, 15) is 14.7 Å². The molecule has 0 spiro atoms. The second kappa shape index (κ2) is 11.3. The van der Waals surface area contributed by atoms with Crippen LogP contribution < -0.4 is 19.6 Å². The average Bonchev–Trinajstić information content (AvgIpc) is 3.28. The summed E-state index contributed by atoms with van der Waals surface area (Å²) in [6, 6.07) is 21.5. The Morgan fingerprint density at radius 1 is 1.10 bits per heavy atom. The third-order valence-corrected chi connectivity index (χ3v) is 8.07. The summed E-state index contributed by atoms with van der Waals surface area (Å²) in [6.45, 7) is 1.93. The van der Waals surface area contributed by atoms with E-state index in [0.29, 0.717) is 31.9 Å². The Kier molecular flexibility index (Phi) is 7.72. The third-order valence-electron chi connectivity index (χ3n) is 6.34. The van der Waals surface area contributed by atoms with E-state index in [1.54, 1.807) is 47.5 Å². The van der Waals surface area contributed by atoms with Gasteiger partial charge in [-0.15, -0.1) is 11.8 Å². The summed E-state index contributed by atoms with van der Waals surface area (Å²) in [5.41, 5.74) is 2.38. The fourth-order valence-electron chi connectivity index (χ4n) is 4.50. The van der Waals surface area contributed by atoms with Crippen molar-refractivity contribution in [1.82, 2.24) is 4.57 Å². The second-order valence-electron chi connectivity index (χ2n) is 8.60. The van der Waals surface area contributed by atoms with Crippen molar-refractivity contribution in [2.45, 2.75) is 17.9 Å². The third kappa shape index (κ3) is 5.03. The van der Waals surface area contributed by atoms with Crippen molar-refractivity contribution in [2.24, 2.45) is 4.99 Å². The lowest BCUT2D eigenvalue weighted by atomic mass is 9.93. The number of para-hydroxylation sites is 1. The number of aromatic nitrogens is 1. The van der Waals surface area contributed by atoms with Crippen molar-refractivity contribution in [2.75, 3.05) is 20.0 Å². The molecule has 4 aromatic rings. The van der Waals surface area contributed by atoms with Gasteiger partial charge in [-0.25, -0.2) is 9.79 Å². The average molecular weight is 559 g/mol. The summed E-state index contributed by atoms with van der Waals surface area (Å²) >= 11 is 2.80. The predicted octanol–water partition coefficient (Wildman–Crippen LogP) is 4.37. The Bertz CT molecular complexity index is 1740. The first-order chi connectivity index (χ1) is 19.0. The number of carbonyl (C=O) groups is 1. The van der Waals surface area contributed by atoms with Crippen LogP contribution in [0.1, 0.15) is 29.7 Å². The van der Waals surface area contributed by atoms with Gasteiger partial charge < -0.3 is 14.6 Å². The van der Waals surface area contributed by atoms with Crippen molar-refractivity contribution >= 4 is 40.8 Å². The maximum Gasteiger partial charge on any atom is 0.338 e. The highest BCUT2D eigenvalue weighted by molar-refractivity contribution is 7.98. The van der Waals surface area contributed by atoms with Crippen molar-refractivity contribution in [3.8, 4) is 11.5 Å². The molecule has 1 aliphatic heterocycles. The van der Waals surface area contributed by atoms with Crippen LogP contribution in [0.15, 0.2) is 93.1 Å². The zero-order valence-electron chi connectivity index (χ0n) is 21.6. The standard InChI is InChI=1S/C30H26N2O5S2/c1-4-37-29(35)24-25(18-9-6-5-7-10-18)31-30-32(26(24)19-13-15-21(38-3)16-14-19)28(34)23(39-30)17-20-11-8-12-22(36-2)27(20)33/h5-17,26,33H,4H2,1-3H3/b23-17-/t26-/m1/s1. The molecule has 0 unspecified atom stereocenters. The van der Waals surface area contributed by atoms with Crippen molar-refractivity contribution in [3.63, 3.8) is 0 Å². The zero-order valence-corrected chi connectivity index (χ0v) is 23.2. The van der Waals surface area contributed by atoms with Gasteiger partial charge in [-0.05, 0) is 43.0 Å². The molecule has 7 nitrogen and oxygen atoms in total. The Labute approximate surface area is 233 Å². The molecular weight excluding hydrogens is 532 g/mol. The number of thiazole rings is 1. The monoisotopic (exact) mass is 558 g/mol. The number of hydrogen-bond acceptors (Lipinski definition) is 8. The number of phenolic OH excluding ortho intramolecular Hbond substituents is 1. The molecule has 1 aliphatic rings. The first-order valence-corrected chi connectivity index (χ1v) is 14.3. The Morgan fingerprint density at radius 2 is 1.85 bits per heavy atom. The molecule has 1 aromatic heterocycles. The molecule has 0 saturated heterocycles. The maximum atomic E-state index is 14.0. The number of rotatable bonds is 7. The van der Waals surface area contributed by atoms with Gasteiger partial charge in [0.05, 0.1) is 35.6 Å². The van der Waals surface area contributed by atoms with Gasteiger partial charge in [0.1, 0.15) is 0 Å². The summed E-state index contributed by atoms with van der Waals surface area (Å²) < 4.78 is 12.6. The highest BCUT2D eigenvalue weighted by Gasteiger charge is 2.35. The van der Waals surface area contributed by atoms with E-state index in [0.717, 1.165) is 16.0 Å². The molecule has 9 heteroatoms. The maximum absolute atomic E-state index is 14.0. The molecule has 0 amide bonds. The number of nitrogens with zero attached hydrogens (tertiary/aromatic N) is 2. The van der Waals surface area contributed by atoms with Gasteiger partial charge >= 0.3 is 5.97 Å². The molecule has 0 aliphatic carbocycles. The number of esters is 1. The van der Waals surface area contributed by atoms with Gasteiger partial charge in [0, 0.05) is 16.0 Å². The van der Waals surface area contributed by atoms with Crippen LogP contribution in [0, 0.1) is 0 Å². The summed E-state index contributed by atoms with van der Waals surface area (Å²) in [5.74, 6) is -0.287. The molecule has 0 fully saturated rings. The lowest BCUT2D eigenvalue weighted by Gasteiger charge is -2.26. The summed E-state index contributed by atoms with van der Waals surface area (Å²) in [4.78, 5) is 33.8. The van der Waals surface area contributed by atoms with E-state index >= 15 is 0 Å². The lowest BCUT2D eigenvalue weighted by Crippen LogP contribution is -2.40. The number of thioether (sulfide) groups is 1. The van der Waals surface area contributed by atoms with Crippen molar-refractivity contribution in [3.05, 3.63) is 115 Å². The van der Waals surface area contributed by atoms with E-state index in [1.165, 1.54) is 18.4 Å². The number of fused-ring (bicyclic) bond motifs is 1. The quantitative estimate of drug-likeness (QED) is 0.268. The van der Waals surface area contributed by atoms with Crippen LogP contribution in [0.5, 0.6) is 11.5 Å². The minimum Gasteiger partial charge on any atom is -0.504 e. The molecule has 1 N–H and O–H groups in total. The number of aromatic hydroxyl groups is 1. The number of ether oxygens (including phenoxy) is 2. The van der Waals surface area contributed by atoms with E-state index in [1.807, 2.05) is 60.9 Å². The van der Waals surface area contributed by atoms with Crippen molar-refractivity contribution in [1.29, 1.82) is 0 Å². The van der Waals surface area contributed by atoms with Gasteiger partial charge in [-0.2, -0.15) is 0 Å². The van der Waals surface area contributed by atoms with Crippen LogP contribution in [-0.4, -0.2) is 35.6 Å². The van der Waals surface area contributed by atoms with Crippen LogP contribution in [0.25, 0.3) is 11.8 Å². The van der Waals surface area contributed by atoms with Crippen LogP contribution in [-0.2, 0) is 9.53 Å². The number of methoxy groups -OCH3 is 1. The number of carbonyl (C=O) groups excluding carboxylic acids is 1. The minimum absolute atomic E-state index is 0.0628. The highest BCUT2D eigenvalue weighted by Crippen LogP contribution is 2.36. The first-order valence-electron chi connectivity index (χ1n) is 12.2. The van der Waals surface area contributed by atoms with Crippen LogP contribution in [0.3, 0.4) is 0 Å². The van der Waals surface area contributed by atoms with Crippen LogP contribution in [0.2, 0.25) is 0 Å². The zero-order chi connectivity index (χ0) is 27.5. The molecule has 0 bridgehead atoms. The Hall–Kier alpha value is -4.08. The van der Waals surface area contributed by atoms with E-state index < -0.39 is 12.0 Å². The fraction of sp³-hybridized carbons (Fsp3) is 0.167. The smallest absolute Gasteiger partial charge is 0.338 e. The normalized spacial score (nSPS) is 15.1. The van der Waals surface area contributed by atoms with Crippen molar-refractivity contribution < 1.29 is 19.4 Å².